The first-order valence-electron chi connectivity index (χ1n) is 11.0. The molecule has 1 aromatic carbocycles. The van der Waals surface area contributed by atoms with Gasteiger partial charge in [0.05, 0.1) is 0 Å². The highest BCUT2D eigenvalue weighted by Gasteiger charge is 2.15. The lowest BCUT2D eigenvalue weighted by Crippen LogP contribution is -2.25. The Bertz CT molecular complexity index is 839. The van der Waals surface area contributed by atoms with Crippen molar-refractivity contribution in [1.82, 2.24) is 0 Å². The molecule has 31 heavy (non-hydrogen) atoms. The van der Waals surface area contributed by atoms with E-state index in [1.807, 2.05) is 32.9 Å². The van der Waals surface area contributed by atoms with Crippen LogP contribution in [0.2, 0.25) is 0 Å². The molecule has 4 N–H and O–H groups in total. The molecule has 0 aliphatic rings. The topological polar surface area (TPSA) is 80.9 Å². The van der Waals surface area contributed by atoms with Crippen LogP contribution in [0.4, 0.5) is 0 Å². The second-order valence-corrected chi connectivity index (χ2v) is 8.78. The molecule has 172 valence electrons. The zero-order chi connectivity index (χ0) is 23.6. The summed E-state index contributed by atoms with van der Waals surface area (Å²) in [5, 5.41) is 40.6. The lowest BCUT2D eigenvalue weighted by Gasteiger charge is -2.17. The summed E-state index contributed by atoms with van der Waals surface area (Å²) in [5.41, 5.74) is 5.64. The van der Waals surface area contributed by atoms with Crippen LogP contribution in [0.1, 0.15) is 71.4 Å². The molecule has 1 aromatic rings. The van der Waals surface area contributed by atoms with Crippen LogP contribution in [0.25, 0.3) is 0 Å². The molecule has 0 aliphatic heterocycles. The van der Waals surface area contributed by atoms with Crippen molar-refractivity contribution in [2.75, 3.05) is 0 Å². The van der Waals surface area contributed by atoms with Gasteiger partial charge in [0.15, 0.2) is 0 Å². The van der Waals surface area contributed by atoms with Gasteiger partial charge in [-0.15, -0.1) is 0 Å². The van der Waals surface area contributed by atoms with Gasteiger partial charge in [-0.1, -0.05) is 41.0 Å². The quantitative estimate of drug-likeness (QED) is 0.256. The van der Waals surface area contributed by atoms with E-state index in [0.29, 0.717) is 17.5 Å². The highest BCUT2D eigenvalue weighted by Crippen LogP contribution is 2.28. The van der Waals surface area contributed by atoms with Crippen molar-refractivity contribution in [3.8, 4) is 11.5 Å². The molecule has 0 heterocycles. The van der Waals surface area contributed by atoms with E-state index in [2.05, 4.69) is 19.9 Å². The Morgan fingerprint density at radius 2 is 1.48 bits per heavy atom. The number of aryl methyl sites for hydroxylation is 1. The second kappa shape index (κ2) is 13.2. The van der Waals surface area contributed by atoms with Gasteiger partial charge in [0.25, 0.3) is 0 Å². The number of benzene rings is 1. The van der Waals surface area contributed by atoms with Crippen molar-refractivity contribution in [1.29, 1.82) is 0 Å². The molecule has 0 aliphatic carbocycles. The maximum absolute atomic E-state index is 10.4. The zero-order valence-corrected chi connectivity index (χ0v) is 19.9. The Morgan fingerprint density at radius 1 is 0.871 bits per heavy atom. The molecule has 0 fully saturated rings. The average molecular weight is 429 g/mol. The number of aliphatic hydroxyl groups is 2. The summed E-state index contributed by atoms with van der Waals surface area (Å²) < 4.78 is 0. The summed E-state index contributed by atoms with van der Waals surface area (Å²) in [5.74, 6) is 0.377. The largest absolute Gasteiger partial charge is 0.508 e. The summed E-state index contributed by atoms with van der Waals surface area (Å²) in [6.45, 7) is 11.8. The van der Waals surface area contributed by atoms with Gasteiger partial charge in [0.2, 0.25) is 0 Å². The molecular weight excluding hydrogens is 388 g/mol. The normalized spacial score (nSPS) is 15.0. The monoisotopic (exact) mass is 428 g/mol. The Labute approximate surface area is 188 Å². The molecule has 4 heteroatoms. The van der Waals surface area contributed by atoms with E-state index < -0.39 is 12.2 Å². The highest BCUT2D eigenvalue weighted by atomic mass is 16.3. The van der Waals surface area contributed by atoms with Gasteiger partial charge < -0.3 is 20.4 Å². The second-order valence-electron chi connectivity index (χ2n) is 8.78. The molecule has 2 atom stereocenters. The number of aliphatic hydroxyl groups excluding tert-OH is 2. The lowest BCUT2D eigenvalue weighted by molar-refractivity contribution is 0.0724. The fourth-order valence-electron chi connectivity index (χ4n) is 3.35. The van der Waals surface area contributed by atoms with Gasteiger partial charge in [-0.05, 0) is 96.9 Å². The molecular formula is C27H40O4. The van der Waals surface area contributed by atoms with Crippen LogP contribution in [-0.2, 0) is 6.42 Å². The zero-order valence-electron chi connectivity index (χ0n) is 19.9. The Kier molecular flexibility index (Phi) is 11.4. The van der Waals surface area contributed by atoms with Gasteiger partial charge in [-0.3, -0.25) is 0 Å². The highest BCUT2D eigenvalue weighted by molar-refractivity contribution is 5.46. The first-order valence-corrected chi connectivity index (χ1v) is 11.0. The molecule has 0 aromatic heterocycles. The summed E-state index contributed by atoms with van der Waals surface area (Å²) in [7, 11) is 0. The standard InChI is InChI=1S/C27H40O4/c1-18(2)9-7-11-20(4)15-25(29)27(31)21(5)12-8-10-19(3)13-14-23-17-24(28)16-22(6)26(23)30/h9,12-13,15-17,25,27-31H,7-8,10-11,14H2,1-6H3/t25-,27-/m0/s1. The van der Waals surface area contributed by atoms with Crippen LogP contribution in [0, 0.1) is 6.92 Å². The predicted octanol–water partition coefficient (Wildman–Crippen LogP) is 6.04. The fraction of sp³-hybridized carbons (Fsp3) is 0.481. The third-order valence-corrected chi connectivity index (χ3v) is 5.38. The van der Waals surface area contributed by atoms with E-state index in [0.717, 1.165) is 42.4 Å². The van der Waals surface area contributed by atoms with E-state index in [1.165, 1.54) is 5.57 Å². The van der Waals surface area contributed by atoms with Crippen LogP contribution in [0.3, 0.4) is 0 Å². The van der Waals surface area contributed by atoms with Crippen molar-refractivity contribution < 1.29 is 20.4 Å². The van der Waals surface area contributed by atoms with Crippen LogP contribution in [0.15, 0.2) is 58.7 Å². The summed E-state index contributed by atoms with van der Waals surface area (Å²) in [4.78, 5) is 0. The van der Waals surface area contributed by atoms with Gasteiger partial charge >= 0.3 is 0 Å². The fourth-order valence-corrected chi connectivity index (χ4v) is 3.35. The van der Waals surface area contributed by atoms with Crippen LogP contribution >= 0.6 is 0 Å². The average Bonchev–Trinajstić information content (AvgIpc) is 2.68. The molecule has 0 spiro atoms. The van der Waals surface area contributed by atoms with Gasteiger partial charge in [-0.2, -0.15) is 0 Å². The molecule has 0 saturated heterocycles. The number of hydrogen-bond donors (Lipinski definition) is 4. The first-order chi connectivity index (χ1) is 14.5. The van der Waals surface area contributed by atoms with Crippen molar-refractivity contribution >= 4 is 0 Å². The van der Waals surface area contributed by atoms with Crippen LogP contribution in [0.5, 0.6) is 11.5 Å². The Hall–Kier alpha value is -2.30. The van der Waals surface area contributed by atoms with Gasteiger partial charge in [0, 0.05) is 5.56 Å². The van der Waals surface area contributed by atoms with E-state index >= 15 is 0 Å². The van der Waals surface area contributed by atoms with E-state index in [9.17, 15) is 20.4 Å². The number of rotatable bonds is 11. The van der Waals surface area contributed by atoms with Crippen LogP contribution in [-0.4, -0.2) is 32.6 Å². The van der Waals surface area contributed by atoms with Crippen molar-refractivity contribution in [2.24, 2.45) is 0 Å². The minimum Gasteiger partial charge on any atom is -0.508 e. The molecule has 0 saturated carbocycles. The maximum atomic E-state index is 10.4. The molecule has 0 amide bonds. The van der Waals surface area contributed by atoms with Gasteiger partial charge in [-0.25, -0.2) is 0 Å². The number of phenolic OH excluding ortho intramolecular Hbond substituents is 2. The Balaban J connectivity index is 2.58. The molecule has 4 nitrogen and oxygen atoms in total. The molecule has 0 radical (unpaired) electrons. The van der Waals surface area contributed by atoms with Crippen LogP contribution < -0.4 is 0 Å². The lowest BCUT2D eigenvalue weighted by atomic mass is 9.99. The van der Waals surface area contributed by atoms with Crippen molar-refractivity contribution in [2.45, 2.75) is 85.9 Å². The van der Waals surface area contributed by atoms with Crippen molar-refractivity contribution in [3.63, 3.8) is 0 Å². The maximum Gasteiger partial charge on any atom is 0.122 e. The number of allylic oxidation sites excluding steroid dienone is 6. The third-order valence-electron chi connectivity index (χ3n) is 5.38. The third kappa shape index (κ3) is 10.0. The van der Waals surface area contributed by atoms with E-state index in [1.54, 1.807) is 25.1 Å². The smallest absolute Gasteiger partial charge is 0.122 e. The van der Waals surface area contributed by atoms with Gasteiger partial charge in [0.1, 0.15) is 23.7 Å². The number of aromatic hydroxyl groups is 2. The SMILES string of the molecule is CC(C)=CCCC(C)=C[C@H](O)[C@@H](O)C(C)=CCCC(C)=CCc1cc(O)cc(C)c1O. The molecule has 0 bridgehead atoms. The van der Waals surface area contributed by atoms with E-state index in [-0.39, 0.29) is 11.5 Å². The summed E-state index contributed by atoms with van der Waals surface area (Å²) in [6.07, 6.45) is 10.0. The number of hydrogen-bond acceptors (Lipinski definition) is 4. The predicted molar refractivity (Wildman–Crippen MR) is 129 cm³/mol. The number of phenols is 2. The minimum absolute atomic E-state index is 0.156. The summed E-state index contributed by atoms with van der Waals surface area (Å²) >= 11 is 0. The first kappa shape index (κ1) is 26.7. The Morgan fingerprint density at radius 3 is 2.13 bits per heavy atom. The molecule has 0 unspecified atom stereocenters. The minimum atomic E-state index is -0.907. The summed E-state index contributed by atoms with van der Waals surface area (Å²) in [6, 6.07) is 3.13. The van der Waals surface area contributed by atoms with E-state index in [4.69, 9.17) is 0 Å². The molecule has 1 rings (SSSR count). The van der Waals surface area contributed by atoms with Crippen molar-refractivity contribution in [3.05, 3.63) is 69.9 Å².